The number of esters is 1. The van der Waals surface area contributed by atoms with E-state index in [0.717, 1.165) is 0 Å². The second-order valence-corrected chi connectivity index (χ2v) is 2.63. The van der Waals surface area contributed by atoms with E-state index in [4.69, 9.17) is 9.47 Å². The molecule has 1 aromatic heterocycles. The van der Waals surface area contributed by atoms with Crippen LogP contribution in [0.5, 0.6) is 0 Å². The molecule has 0 spiro atoms. The molecule has 0 aliphatic heterocycles. The highest BCUT2D eigenvalue weighted by Gasteiger charge is 2.15. The van der Waals surface area contributed by atoms with E-state index in [9.17, 15) is 4.79 Å². The fraction of sp³-hybridized carbons (Fsp3) is 0.625. The van der Waals surface area contributed by atoms with Crippen molar-refractivity contribution in [1.82, 2.24) is 14.8 Å². The molecule has 0 amide bonds. The number of hydrogen-bond acceptors (Lipinski definition) is 5. The zero-order valence-electron chi connectivity index (χ0n) is 8.48. The first-order valence-corrected chi connectivity index (χ1v) is 4.25. The largest absolute Gasteiger partial charge is 0.460 e. The number of ether oxygens (including phenoxy) is 2. The van der Waals surface area contributed by atoms with Crippen molar-refractivity contribution in [3.8, 4) is 0 Å². The van der Waals surface area contributed by atoms with E-state index in [2.05, 4.69) is 10.1 Å². The second kappa shape index (κ2) is 4.71. The molecular weight excluding hydrogens is 186 g/mol. The van der Waals surface area contributed by atoms with Crippen molar-refractivity contribution >= 4 is 5.97 Å². The normalized spacial score (nSPS) is 10.2. The molecule has 0 saturated carbocycles. The van der Waals surface area contributed by atoms with E-state index in [1.165, 1.54) is 4.68 Å². The number of carbonyl (C=O) groups is 1. The van der Waals surface area contributed by atoms with Gasteiger partial charge in [0.25, 0.3) is 5.82 Å². The Labute approximate surface area is 81.8 Å². The molecule has 0 bridgehead atoms. The minimum absolute atomic E-state index is 0.0707. The van der Waals surface area contributed by atoms with Crippen LogP contribution in [0.15, 0.2) is 0 Å². The zero-order valence-corrected chi connectivity index (χ0v) is 8.48. The Hall–Kier alpha value is -1.43. The molecule has 1 aromatic rings. The molecule has 6 heteroatoms. The minimum atomic E-state index is -0.509. The summed E-state index contributed by atoms with van der Waals surface area (Å²) in [6.45, 7) is 2.37. The number of aryl methyl sites for hydroxylation is 1. The lowest BCUT2D eigenvalue weighted by Crippen LogP contribution is -2.07. The maximum Gasteiger partial charge on any atom is 0.378 e. The van der Waals surface area contributed by atoms with Crippen LogP contribution in [0.4, 0.5) is 0 Å². The Morgan fingerprint density at radius 3 is 2.86 bits per heavy atom. The standard InChI is InChI=1S/C8H13N3O3/c1-4-14-8(12)7-9-6(5-13-3)11(2)10-7/h4-5H2,1-3H3. The molecule has 1 heterocycles. The molecule has 1 rings (SSSR count). The lowest BCUT2D eigenvalue weighted by atomic mass is 10.6. The Balaban J connectivity index is 2.79. The van der Waals surface area contributed by atoms with Crippen LogP contribution in [0.2, 0.25) is 0 Å². The van der Waals surface area contributed by atoms with Gasteiger partial charge >= 0.3 is 5.97 Å². The van der Waals surface area contributed by atoms with E-state index in [-0.39, 0.29) is 5.82 Å². The fourth-order valence-corrected chi connectivity index (χ4v) is 0.954. The minimum Gasteiger partial charge on any atom is -0.460 e. The maximum absolute atomic E-state index is 11.2. The third kappa shape index (κ3) is 2.29. The lowest BCUT2D eigenvalue weighted by Gasteiger charge is -1.94. The molecule has 0 aromatic carbocycles. The van der Waals surface area contributed by atoms with Crippen LogP contribution in [0.1, 0.15) is 23.4 Å². The average Bonchev–Trinajstić information content (AvgIpc) is 2.49. The summed E-state index contributed by atoms with van der Waals surface area (Å²) in [7, 11) is 3.25. The van der Waals surface area contributed by atoms with E-state index >= 15 is 0 Å². The van der Waals surface area contributed by atoms with Crippen LogP contribution < -0.4 is 0 Å². The van der Waals surface area contributed by atoms with Crippen molar-refractivity contribution in [3.05, 3.63) is 11.6 Å². The Morgan fingerprint density at radius 2 is 2.29 bits per heavy atom. The first kappa shape index (κ1) is 10.6. The van der Waals surface area contributed by atoms with Gasteiger partial charge in [0.05, 0.1) is 6.61 Å². The van der Waals surface area contributed by atoms with Gasteiger partial charge < -0.3 is 9.47 Å². The van der Waals surface area contributed by atoms with Crippen LogP contribution in [0, 0.1) is 0 Å². The molecule has 78 valence electrons. The number of hydrogen-bond donors (Lipinski definition) is 0. The van der Waals surface area contributed by atoms with Crippen LogP contribution in [-0.4, -0.2) is 34.5 Å². The van der Waals surface area contributed by atoms with Crippen molar-refractivity contribution in [2.24, 2.45) is 7.05 Å². The first-order valence-electron chi connectivity index (χ1n) is 4.25. The van der Waals surface area contributed by atoms with Gasteiger partial charge in [0.2, 0.25) is 0 Å². The summed E-state index contributed by atoms with van der Waals surface area (Å²) in [5.74, 6) is 0.155. The van der Waals surface area contributed by atoms with Gasteiger partial charge in [-0.15, -0.1) is 5.10 Å². The van der Waals surface area contributed by atoms with Gasteiger partial charge in [-0.3, -0.25) is 4.68 Å². The highest BCUT2D eigenvalue weighted by molar-refractivity contribution is 5.84. The van der Waals surface area contributed by atoms with Gasteiger partial charge in [-0.1, -0.05) is 0 Å². The highest BCUT2D eigenvalue weighted by Crippen LogP contribution is 1.99. The van der Waals surface area contributed by atoms with E-state index < -0.39 is 5.97 Å². The molecular formula is C8H13N3O3. The third-order valence-corrected chi connectivity index (χ3v) is 1.58. The Morgan fingerprint density at radius 1 is 1.57 bits per heavy atom. The van der Waals surface area contributed by atoms with Gasteiger partial charge in [0.15, 0.2) is 5.82 Å². The fourth-order valence-electron chi connectivity index (χ4n) is 0.954. The molecule has 0 unspecified atom stereocenters. The molecule has 0 fully saturated rings. The highest BCUT2D eigenvalue weighted by atomic mass is 16.5. The van der Waals surface area contributed by atoms with Gasteiger partial charge in [-0.2, -0.15) is 0 Å². The second-order valence-electron chi connectivity index (χ2n) is 2.63. The summed E-state index contributed by atoms with van der Waals surface area (Å²) in [6, 6.07) is 0. The summed E-state index contributed by atoms with van der Waals surface area (Å²) in [5.41, 5.74) is 0. The Bertz CT molecular complexity index is 322. The molecule has 14 heavy (non-hydrogen) atoms. The third-order valence-electron chi connectivity index (χ3n) is 1.58. The molecule has 0 saturated heterocycles. The summed E-state index contributed by atoms with van der Waals surface area (Å²) < 4.78 is 11.1. The van der Waals surface area contributed by atoms with Crippen molar-refractivity contribution in [1.29, 1.82) is 0 Å². The van der Waals surface area contributed by atoms with Gasteiger partial charge in [-0.25, -0.2) is 9.78 Å². The summed E-state index contributed by atoms with van der Waals surface area (Å²) in [4.78, 5) is 15.2. The average molecular weight is 199 g/mol. The summed E-state index contributed by atoms with van der Waals surface area (Å²) in [6.07, 6.45) is 0. The van der Waals surface area contributed by atoms with E-state index in [0.29, 0.717) is 19.0 Å². The molecule has 0 N–H and O–H groups in total. The van der Waals surface area contributed by atoms with Crippen molar-refractivity contribution in [2.45, 2.75) is 13.5 Å². The van der Waals surface area contributed by atoms with Crippen LogP contribution in [-0.2, 0) is 23.1 Å². The molecule has 6 nitrogen and oxygen atoms in total. The predicted molar refractivity (Wildman–Crippen MR) is 47.7 cm³/mol. The first-order chi connectivity index (χ1) is 6.69. The summed E-state index contributed by atoms with van der Waals surface area (Å²) in [5, 5.41) is 3.90. The molecule has 0 aliphatic rings. The number of rotatable bonds is 4. The summed E-state index contributed by atoms with van der Waals surface area (Å²) >= 11 is 0. The molecule has 0 atom stereocenters. The number of carbonyl (C=O) groups excluding carboxylic acids is 1. The van der Waals surface area contributed by atoms with Crippen molar-refractivity contribution < 1.29 is 14.3 Å². The van der Waals surface area contributed by atoms with E-state index in [1.807, 2.05) is 0 Å². The maximum atomic E-state index is 11.2. The molecule has 0 aliphatic carbocycles. The monoisotopic (exact) mass is 199 g/mol. The SMILES string of the molecule is CCOC(=O)c1nc(COC)n(C)n1. The van der Waals surface area contributed by atoms with Gasteiger partial charge in [-0.05, 0) is 6.92 Å². The van der Waals surface area contributed by atoms with Crippen LogP contribution in [0.3, 0.4) is 0 Å². The topological polar surface area (TPSA) is 66.2 Å². The van der Waals surface area contributed by atoms with Crippen molar-refractivity contribution in [3.63, 3.8) is 0 Å². The number of aromatic nitrogens is 3. The smallest absolute Gasteiger partial charge is 0.378 e. The van der Waals surface area contributed by atoms with Crippen LogP contribution >= 0.6 is 0 Å². The quantitative estimate of drug-likeness (QED) is 0.645. The molecule has 0 radical (unpaired) electrons. The predicted octanol–water partition coefficient (Wildman–Crippen LogP) is 0.138. The Kier molecular flexibility index (Phi) is 3.58. The lowest BCUT2D eigenvalue weighted by molar-refractivity contribution is 0.0511. The number of nitrogens with zero attached hydrogens (tertiary/aromatic N) is 3. The van der Waals surface area contributed by atoms with Crippen molar-refractivity contribution in [2.75, 3.05) is 13.7 Å². The van der Waals surface area contributed by atoms with Crippen LogP contribution in [0.25, 0.3) is 0 Å². The van der Waals surface area contributed by atoms with E-state index in [1.54, 1.807) is 21.1 Å². The zero-order chi connectivity index (χ0) is 10.6. The number of methoxy groups -OCH3 is 1. The van der Waals surface area contributed by atoms with Gasteiger partial charge in [0, 0.05) is 14.2 Å². The van der Waals surface area contributed by atoms with Gasteiger partial charge in [0.1, 0.15) is 6.61 Å².